The number of carbonyl (C=O) groups excluding carboxylic acids is 1. The molecule has 5 heteroatoms. The van der Waals surface area contributed by atoms with E-state index >= 15 is 0 Å². The molecule has 1 rings (SSSR count). The van der Waals surface area contributed by atoms with Crippen molar-refractivity contribution >= 4 is 17.2 Å². The molecular weight excluding hydrogens is 236 g/mol. The number of hydrogen-bond donors (Lipinski definition) is 2. The van der Waals surface area contributed by atoms with E-state index in [0.717, 1.165) is 17.1 Å². The zero-order chi connectivity index (χ0) is 13.1. The van der Waals surface area contributed by atoms with Crippen LogP contribution in [-0.4, -0.2) is 28.1 Å². The van der Waals surface area contributed by atoms with Crippen LogP contribution in [0.2, 0.25) is 0 Å². The van der Waals surface area contributed by atoms with Crippen molar-refractivity contribution in [3.8, 4) is 0 Å². The molecule has 0 saturated heterocycles. The molecule has 2 N–H and O–H groups in total. The molecule has 0 aliphatic heterocycles. The largest absolute Gasteiger partial charge is 0.396 e. The van der Waals surface area contributed by atoms with Crippen molar-refractivity contribution in [3.63, 3.8) is 0 Å². The number of nitrogens with one attached hydrogen (secondary N) is 1. The standard InChI is InChI=1S/C12H20N2O2S/c1-5-12(4,6-7-15)14-11(16)10-8(2)13-9(3)17-10/h15H,5-7H2,1-4H3,(H,14,16). The van der Waals surface area contributed by atoms with Gasteiger partial charge in [-0.2, -0.15) is 0 Å². The lowest BCUT2D eigenvalue weighted by Gasteiger charge is -2.28. The van der Waals surface area contributed by atoms with Gasteiger partial charge in [0.15, 0.2) is 0 Å². The minimum absolute atomic E-state index is 0.0747. The number of thiazole rings is 1. The van der Waals surface area contributed by atoms with Crippen LogP contribution in [0.25, 0.3) is 0 Å². The van der Waals surface area contributed by atoms with E-state index in [2.05, 4.69) is 10.3 Å². The molecule has 0 radical (unpaired) electrons. The zero-order valence-electron chi connectivity index (χ0n) is 10.8. The summed E-state index contributed by atoms with van der Waals surface area (Å²) in [5, 5.41) is 12.9. The van der Waals surface area contributed by atoms with E-state index in [1.807, 2.05) is 27.7 Å². The van der Waals surface area contributed by atoms with Crippen molar-refractivity contribution in [1.29, 1.82) is 0 Å². The first-order valence-corrected chi connectivity index (χ1v) is 6.61. The molecule has 1 aromatic heterocycles. The molecule has 1 aromatic rings. The van der Waals surface area contributed by atoms with E-state index in [-0.39, 0.29) is 18.1 Å². The van der Waals surface area contributed by atoms with Gasteiger partial charge in [-0.3, -0.25) is 4.79 Å². The zero-order valence-corrected chi connectivity index (χ0v) is 11.6. The van der Waals surface area contributed by atoms with E-state index in [4.69, 9.17) is 5.11 Å². The van der Waals surface area contributed by atoms with Crippen LogP contribution >= 0.6 is 11.3 Å². The molecule has 0 saturated carbocycles. The first-order chi connectivity index (χ1) is 7.91. The third-order valence-corrected chi connectivity index (χ3v) is 4.04. The lowest BCUT2D eigenvalue weighted by atomic mass is 9.95. The van der Waals surface area contributed by atoms with Gasteiger partial charge in [-0.15, -0.1) is 11.3 Å². The van der Waals surface area contributed by atoms with Crippen molar-refractivity contribution in [1.82, 2.24) is 10.3 Å². The molecule has 4 nitrogen and oxygen atoms in total. The van der Waals surface area contributed by atoms with Gasteiger partial charge < -0.3 is 10.4 Å². The normalized spacial score (nSPS) is 14.4. The van der Waals surface area contributed by atoms with Gasteiger partial charge in [0.05, 0.1) is 10.7 Å². The Morgan fingerprint density at radius 1 is 1.53 bits per heavy atom. The number of aliphatic hydroxyl groups excluding tert-OH is 1. The molecule has 0 aliphatic rings. The number of rotatable bonds is 5. The number of carbonyl (C=O) groups is 1. The smallest absolute Gasteiger partial charge is 0.263 e. The van der Waals surface area contributed by atoms with Crippen LogP contribution in [0.1, 0.15) is 47.1 Å². The van der Waals surface area contributed by atoms with Crippen LogP contribution in [0.3, 0.4) is 0 Å². The number of hydrogen-bond acceptors (Lipinski definition) is 4. The summed E-state index contributed by atoms with van der Waals surface area (Å²) in [5.41, 5.74) is 0.420. The van der Waals surface area contributed by atoms with Gasteiger partial charge in [0.25, 0.3) is 5.91 Å². The Morgan fingerprint density at radius 2 is 2.18 bits per heavy atom. The Morgan fingerprint density at radius 3 is 2.59 bits per heavy atom. The maximum absolute atomic E-state index is 12.1. The second-order valence-electron chi connectivity index (χ2n) is 4.49. The predicted molar refractivity (Wildman–Crippen MR) is 69.5 cm³/mol. The highest BCUT2D eigenvalue weighted by atomic mass is 32.1. The van der Waals surface area contributed by atoms with Crippen LogP contribution in [0.5, 0.6) is 0 Å². The summed E-state index contributed by atoms with van der Waals surface area (Å²) >= 11 is 1.41. The highest BCUT2D eigenvalue weighted by Gasteiger charge is 2.25. The minimum atomic E-state index is -0.351. The van der Waals surface area contributed by atoms with E-state index in [9.17, 15) is 4.79 Å². The van der Waals surface area contributed by atoms with Crippen LogP contribution in [0.15, 0.2) is 0 Å². The molecule has 1 heterocycles. The van der Waals surface area contributed by atoms with Gasteiger partial charge in [-0.25, -0.2) is 4.98 Å². The number of amides is 1. The summed E-state index contributed by atoms with van der Waals surface area (Å²) in [5.74, 6) is -0.0918. The number of aliphatic hydroxyl groups is 1. The van der Waals surface area contributed by atoms with Gasteiger partial charge >= 0.3 is 0 Å². The van der Waals surface area contributed by atoms with E-state index in [1.165, 1.54) is 11.3 Å². The van der Waals surface area contributed by atoms with E-state index < -0.39 is 0 Å². The second-order valence-corrected chi connectivity index (χ2v) is 5.69. The van der Waals surface area contributed by atoms with Crippen molar-refractivity contribution in [2.45, 2.75) is 46.1 Å². The molecular formula is C12H20N2O2S. The Labute approximate surface area is 106 Å². The number of aryl methyl sites for hydroxylation is 2. The van der Waals surface area contributed by atoms with Gasteiger partial charge in [0.2, 0.25) is 0 Å². The van der Waals surface area contributed by atoms with Crippen LogP contribution < -0.4 is 5.32 Å². The third kappa shape index (κ3) is 3.51. The fourth-order valence-electron chi connectivity index (χ4n) is 1.65. The summed E-state index contributed by atoms with van der Waals surface area (Å²) in [6.45, 7) is 7.76. The fourth-order valence-corrected chi connectivity index (χ4v) is 2.46. The Kier molecular flexibility index (Phi) is 4.65. The first kappa shape index (κ1) is 14.1. The van der Waals surface area contributed by atoms with Gasteiger partial charge in [0.1, 0.15) is 4.88 Å². The molecule has 0 bridgehead atoms. The minimum Gasteiger partial charge on any atom is -0.396 e. The quantitative estimate of drug-likeness (QED) is 0.847. The van der Waals surface area contributed by atoms with Crippen molar-refractivity contribution in [2.24, 2.45) is 0 Å². The Hall–Kier alpha value is -0.940. The topological polar surface area (TPSA) is 62.2 Å². The molecule has 0 fully saturated rings. The maximum Gasteiger partial charge on any atom is 0.263 e. The lowest BCUT2D eigenvalue weighted by Crippen LogP contribution is -2.46. The monoisotopic (exact) mass is 256 g/mol. The summed E-state index contributed by atoms with van der Waals surface area (Å²) in [4.78, 5) is 17.0. The van der Waals surface area contributed by atoms with Gasteiger partial charge in [0, 0.05) is 12.1 Å². The van der Waals surface area contributed by atoms with Crippen molar-refractivity contribution in [2.75, 3.05) is 6.61 Å². The summed E-state index contributed by atoms with van der Waals surface area (Å²) < 4.78 is 0. The van der Waals surface area contributed by atoms with Crippen LogP contribution in [0, 0.1) is 13.8 Å². The maximum atomic E-state index is 12.1. The second kappa shape index (κ2) is 5.60. The molecule has 1 amide bonds. The Balaban J connectivity index is 2.81. The highest BCUT2D eigenvalue weighted by Crippen LogP contribution is 2.20. The molecule has 17 heavy (non-hydrogen) atoms. The first-order valence-electron chi connectivity index (χ1n) is 5.79. The molecule has 0 aliphatic carbocycles. The predicted octanol–water partition coefficient (Wildman–Crippen LogP) is 2.04. The molecule has 0 aromatic carbocycles. The van der Waals surface area contributed by atoms with E-state index in [1.54, 1.807) is 0 Å². The fraction of sp³-hybridized carbons (Fsp3) is 0.667. The van der Waals surface area contributed by atoms with Crippen LogP contribution in [-0.2, 0) is 0 Å². The number of aromatic nitrogens is 1. The summed E-state index contributed by atoms with van der Waals surface area (Å²) in [7, 11) is 0. The highest BCUT2D eigenvalue weighted by molar-refractivity contribution is 7.13. The van der Waals surface area contributed by atoms with Gasteiger partial charge in [-0.05, 0) is 33.6 Å². The van der Waals surface area contributed by atoms with E-state index in [0.29, 0.717) is 11.3 Å². The molecule has 1 atom stereocenters. The third-order valence-electron chi connectivity index (χ3n) is 2.97. The summed E-state index contributed by atoms with van der Waals surface area (Å²) in [6, 6.07) is 0. The summed E-state index contributed by atoms with van der Waals surface area (Å²) in [6.07, 6.45) is 1.35. The number of nitrogens with zero attached hydrogens (tertiary/aromatic N) is 1. The SMILES string of the molecule is CCC(C)(CCO)NC(=O)c1sc(C)nc1C. The van der Waals surface area contributed by atoms with Crippen molar-refractivity contribution < 1.29 is 9.90 Å². The average molecular weight is 256 g/mol. The molecule has 96 valence electrons. The van der Waals surface area contributed by atoms with Crippen molar-refractivity contribution in [3.05, 3.63) is 15.6 Å². The van der Waals surface area contributed by atoms with Crippen LogP contribution in [0.4, 0.5) is 0 Å². The van der Waals surface area contributed by atoms with Gasteiger partial charge in [-0.1, -0.05) is 6.92 Å². The average Bonchev–Trinajstić information content (AvgIpc) is 2.58. The Bertz CT molecular complexity index is 403. The molecule has 0 spiro atoms. The molecule has 1 unspecified atom stereocenters. The lowest BCUT2D eigenvalue weighted by molar-refractivity contribution is 0.0889.